The maximum absolute atomic E-state index is 11.7. The lowest BCUT2D eigenvalue weighted by Gasteiger charge is -2.05. The van der Waals surface area contributed by atoms with E-state index in [9.17, 15) is 9.59 Å². The molecule has 6 heteroatoms. The van der Waals surface area contributed by atoms with Crippen molar-refractivity contribution >= 4 is 51.2 Å². The maximum atomic E-state index is 11.7. The van der Waals surface area contributed by atoms with Gasteiger partial charge in [0.05, 0.1) is 0 Å². The van der Waals surface area contributed by atoms with Gasteiger partial charge >= 0.3 is 5.97 Å². The Labute approximate surface area is 147 Å². The van der Waals surface area contributed by atoms with E-state index in [4.69, 9.17) is 16.3 Å². The summed E-state index contributed by atoms with van der Waals surface area (Å²) in [6, 6.07) is 14.1. The van der Waals surface area contributed by atoms with Crippen molar-refractivity contribution in [2.75, 3.05) is 11.9 Å². The quantitative estimate of drug-likeness (QED) is 0.608. The summed E-state index contributed by atoms with van der Waals surface area (Å²) >= 11 is 9.10. The first kappa shape index (κ1) is 17.2. The summed E-state index contributed by atoms with van der Waals surface area (Å²) in [7, 11) is 0. The van der Waals surface area contributed by atoms with Crippen LogP contribution in [0.3, 0.4) is 0 Å². The molecule has 0 radical (unpaired) electrons. The molecule has 1 N–H and O–H groups in total. The first-order valence-corrected chi connectivity index (χ1v) is 7.86. The number of rotatable bonds is 5. The van der Waals surface area contributed by atoms with Crippen LogP contribution in [0.4, 0.5) is 5.69 Å². The van der Waals surface area contributed by atoms with E-state index in [1.807, 2.05) is 24.3 Å². The van der Waals surface area contributed by atoms with Crippen molar-refractivity contribution in [1.29, 1.82) is 0 Å². The Kier molecular flexibility index (Phi) is 6.38. The third-order valence-electron chi connectivity index (χ3n) is 2.73. The van der Waals surface area contributed by atoms with Crippen LogP contribution >= 0.6 is 27.5 Å². The predicted molar refractivity (Wildman–Crippen MR) is 94.2 cm³/mol. The van der Waals surface area contributed by atoms with Crippen LogP contribution in [0, 0.1) is 0 Å². The molecular formula is C17H13BrClNO3. The molecule has 118 valence electrons. The Morgan fingerprint density at radius 3 is 2.61 bits per heavy atom. The molecule has 0 unspecified atom stereocenters. The van der Waals surface area contributed by atoms with E-state index in [2.05, 4.69) is 21.2 Å². The largest absolute Gasteiger partial charge is 0.452 e. The number of nitrogens with one attached hydrogen (secondary N) is 1. The number of ether oxygens (including phenoxy) is 1. The molecule has 0 spiro atoms. The summed E-state index contributed by atoms with van der Waals surface area (Å²) in [5.41, 5.74) is 1.43. The van der Waals surface area contributed by atoms with Gasteiger partial charge in [0.15, 0.2) is 6.61 Å². The van der Waals surface area contributed by atoms with Gasteiger partial charge in [-0.05, 0) is 48.0 Å². The third-order valence-corrected chi connectivity index (χ3v) is 3.48. The van der Waals surface area contributed by atoms with Gasteiger partial charge in [-0.2, -0.15) is 0 Å². The smallest absolute Gasteiger partial charge is 0.331 e. The number of hydrogen-bond donors (Lipinski definition) is 1. The minimum absolute atomic E-state index is 0.357. The fraction of sp³-hybridized carbons (Fsp3) is 0.0588. The molecule has 0 saturated carbocycles. The minimum atomic E-state index is -0.587. The van der Waals surface area contributed by atoms with Gasteiger partial charge in [-0.3, -0.25) is 4.79 Å². The predicted octanol–water partition coefficient (Wildman–Crippen LogP) is 4.30. The number of carbonyl (C=O) groups excluding carboxylic acids is 2. The summed E-state index contributed by atoms with van der Waals surface area (Å²) in [6.45, 7) is -0.357. The molecule has 0 aliphatic heterocycles. The lowest BCUT2D eigenvalue weighted by molar-refractivity contribution is -0.142. The first-order valence-electron chi connectivity index (χ1n) is 6.69. The Morgan fingerprint density at radius 1 is 1.17 bits per heavy atom. The highest BCUT2D eigenvalue weighted by molar-refractivity contribution is 9.10. The van der Waals surface area contributed by atoms with Crippen molar-refractivity contribution in [3.63, 3.8) is 0 Å². The van der Waals surface area contributed by atoms with E-state index >= 15 is 0 Å². The van der Waals surface area contributed by atoms with Gasteiger partial charge in [0.25, 0.3) is 5.91 Å². The van der Waals surface area contributed by atoms with Gasteiger partial charge in [-0.1, -0.05) is 39.7 Å². The molecule has 0 bridgehead atoms. The molecule has 0 aromatic heterocycles. The van der Waals surface area contributed by atoms with E-state index < -0.39 is 11.9 Å². The molecule has 0 aliphatic rings. The molecule has 2 aromatic rings. The zero-order valence-electron chi connectivity index (χ0n) is 12.0. The Morgan fingerprint density at radius 2 is 1.91 bits per heavy atom. The van der Waals surface area contributed by atoms with Gasteiger partial charge in [0, 0.05) is 21.3 Å². The number of benzene rings is 2. The molecule has 0 atom stereocenters. The standard InChI is InChI=1S/C17H13BrClNO3/c18-13-3-1-2-12(10-13)4-9-17(22)23-11-16(21)20-15-7-5-14(19)6-8-15/h1-10H,11H2,(H,20,21)/b9-4+. The van der Waals surface area contributed by atoms with Crippen molar-refractivity contribution in [1.82, 2.24) is 0 Å². The average Bonchev–Trinajstić information content (AvgIpc) is 2.53. The lowest BCUT2D eigenvalue weighted by Crippen LogP contribution is -2.20. The van der Waals surface area contributed by atoms with Crippen LogP contribution < -0.4 is 5.32 Å². The number of hydrogen-bond acceptors (Lipinski definition) is 3. The van der Waals surface area contributed by atoms with Crippen LogP contribution in [-0.4, -0.2) is 18.5 Å². The number of esters is 1. The van der Waals surface area contributed by atoms with Crippen LogP contribution in [0.1, 0.15) is 5.56 Å². The van der Waals surface area contributed by atoms with Gasteiger partial charge < -0.3 is 10.1 Å². The topological polar surface area (TPSA) is 55.4 Å². The van der Waals surface area contributed by atoms with Crippen LogP contribution in [0.5, 0.6) is 0 Å². The summed E-state index contributed by atoms with van der Waals surface area (Å²) in [4.78, 5) is 23.3. The lowest BCUT2D eigenvalue weighted by atomic mass is 10.2. The number of anilines is 1. The van der Waals surface area contributed by atoms with Crippen molar-refractivity contribution in [3.05, 3.63) is 69.7 Å². The second-order valence-corrected chi connectivity index (χ2v) is 5.90. The fourth-order valence-corrected chi connectivity index (χ4v) is 2.23. The highest BCUT2D eigenvalue weighted by Crippen LogP contribution is 2.14. The molecule has 23 heavy (non-hydrogen) atoms. The SMILES string of the molecule is O=C(COC(=O)/C=C/c1cccc(Br)c1)Nc1ccc(Cl)cc1. The molecule has 0 saturated heterocycles. The van der Waals surface area contributed by atoms with Gasteiger partial charge in [-0.25, -0.2) is 4.79 Å². The number of carbonyl (C=O) groups is 2. The third kappa shape index (κ3) is 6.26. The molecule has 4 nitrogen and oxygen atoms in total. The van der Waals surface area contributed by atoms with Gasteiger partial charge in [-0.15, -0.1) is 0 Å². The molecular weight excluding hydrogens is 382 g/mol. The zero-order chi connectivity index (χ0) is 16.7. The Hall–Kier alpha value is -2.11. The summed E-state index contributed by atoms with van der Waals surface area (Å²) in [5, 5.41) is 3.18. The van der Waals surface area contributed by atoms with Crippen LogP contribution in [0.2, 0.25) is 5.02 Å². The van der Waals surface area contributed by atoms with Gasteiger partial charge in [0.1, 0.15) is 0 Å². The van der Waals surface area contributed by atoms with Crippen LogP contribution in [0.25, 0.3) is 6.08 Å². The van der Waals surface area contributed by atoms with E-state index in [0.717, 1.165) is 10.0 Å². The van der Waals surface area contributed by atoms with E-state index in [-0.39, 0.29) is 6.61 Å². The summed E-state index contributed by atoms with van der Waals surface area (Å²) in [5.74, 6) is -1.01. The van der Waals surface area contributed by atoms with Gasteiger partial charge in [0.2, 0.25) is 0 Å². The second kappa shape index (κ2) is 8.50. The zero-order valence-corrected chi connectivity index (χ0v) is 14.3. The number of amides is 1. The molecule has 0 aliphatic carbocycles. The van der Waals surface area contributed by atoms with E-state index in [0.29, 0.717) is 10.7 Å². The monoisotopic (exact) mass is 393 g/mol. The second-order valence-electron chi connectivity index (χ2n) is 4.55. The highest BCUT2D eigenvalue weighted by Gasteiger charge is 2.05. The molecule has 2 rings (SSSR count). The van der Waals surface area contributed by atoms with Crippen molar-refractivity contribution in [2.45, 2.75) is 0 Å². The molecule has 0 heterocycles. The van der Waals surface area contributed by atoms with Crippen molar-refractivity contribution in [2.24, 2.45) is 0 Å². The van der Waals surface area contributed by atoms with Crippen molar-refractivity contribution in [3.8, 4) is 0 Å². The summed E-state index contributed by atoms with van der Waals surface area (Å²) < 4.78 is 5.79. The highest BCUT2D eigenvalue weighted by atomic mass is 79.9. The normalized spacial score (nSPS) is 10.5. The van der Waals surface area contributed by atoms with E-state index in [1.54, 1.807) is 30.3 Å². The number of halogens is 2. The van der Waals surface area contributed by atoms with Crippen LogP contribution in [0.15, 0.2) is 59.1 Å². The Balaban J connectivity index is 1.79. The van der Waals surface area contributed by atoms with Crippen molar-refractivity contribution < 1.29 is 14.3 Å². The maximum Gasteiger partial charge on any atom is 0.331 e. The molecule has 0 fully saturated rings. The fourth-order valence-electron chi connectivity index (χ4n) is 1.69. The van der Waals surface area contributed by atoms with Crippen LogP contribution in [-0.2, 0) is 14.3 Å². The summed E-state index contributed by atoms with van der Waals surface area (Å²) in [6.07, 6.45) is 2.89. The first-order chi connectivity index (χ1) is 11.0. The Bertz CT molecular complexity index is 729. The average molecular weight is 395 g/mol. The van der Waals surface area contributed by atoms with E-state index in [1.165, 1.54) is 6.08 Å². The molecule has 1 amide bonds. The molecule has 2 aromatic carbocycles. The minimum Gasteiger partial charge on any atom is -0.452 e.